The van der Waals surface area contributed by atoms with E-state index in [9.17, 15) is 0 Å². The zero-order valence-electron chi connectivity index (χ0n) is 8.82. The number of allylic oxidation sites excluding steroid dienone is 1. The lowest BCUT2D eigenvalue weighted by atomic mass is 10.1. The number of hydrogen-bond acceptors (Lipinski definition) is 2. The molecule has 0 spiro atoms. The van der Waals surface area contributed by atoms with Crippen LogP contribution < -0.4 is 4.74 Å². The molecule has 2 rings (SSSR count). The molecule has 16 heavy (non-hydrogen) atoms. The minimum Gasteiger partial charge on any atom is -0.485 e. The largest absolute Gasteiger partial charge is 0.485 e. The predicted molar refractivity (Wildman–Crippen MR) is 66.4 cm³/mol. The topological polar surface area (TPSA) is 33.0 Å². The maximum Gasteiger partial charge on any atom is 0.130 e. The molecule has 0 amide bonds. The Hall–Kier alpha value is -1.27. The maximum atomic E-state index is 8.68. The standard InChI is InChI=1S/C13H12BrNO/c14-12-3-1-2-4-13(12)16-11-7-5-10(9-15)6-8-11/h3,5-8,13H,1-2,4H2. The zero-order valence-corrected chi connectivity index (χ0v) is 10.4. The second kappa shape index (κ2) is 5.18. The molecule has 0 aliphatic heterocycles. The van der Waals surface area contributed by atoms with Gasteiger partial charge in [-0.3, -0.25) is 0 Å². The highest BCUT2D eigenvalue weighted by Crippen LogP contribution is 2.27. The molecule has 0 heterocycles. The summed E-state index contributed by atoms with van der Waals surface area (Å²) in [5.74, 6) is 0.816. The molecule has 0 bridgehead atoms. The Bertz CT molecular complexity index is 430. The Kier molecular flexibility index (Phi) is 3.63. The van der Waals surface area contributed by atoms with Crippen molar-refractivity contribution in [2.75, 3.05) is 0 Å². The Morgan fingerprint density at radius 3 is 2.69 bits per heavy atom. The van der Waals surface area contributed by atoms with E-state index in [-0.39, 0.29) is 6.10 Å². The predicted octanol–water partition coefficient (Wildman–Crippen LogP) is 3.77. The van der Waals surface area contributed by atoms with Gasteiger partial charge in [-0.1, -0.05) is 22.0 Å². The lowest BCUT2D eigenvalue weighted by molar-refractivity contribution is 0.227. The van der Waals surface area contributed by atoms with Gasteiger partial charge in [0.25, 0.3) is 0 Å². The van der Waals surface area contributed by atoms with E-state index in [0.717, 1.165) is 29.5 Å². The summed E-state index contributed by atoms with van der Waals surface area (Å²) in [6, 6.07) is 9.32. The van der Waals surface area contributed by atoms with Gasteiger partial charge in [-0.15, -0.1) is 0 Å². The molecule has 0 aromatic heterocycles. The van der Waals surface area contributed by atoms with Crippen LogP contribution in [-0.2, 0) is 0 Å². The summed E-state index contributed by atoms with van der Waals surface area (Å²) in [4.78, 5) is 0. The van der Waals surface area contributed by atoms with Gasteiger partial charge < -0.3 is 4.74 Å². The van der Waals surface area contributed by atoms with E-state index in [1.807, 2.05) is 12.1 Å². The maximum absolute atomic E-state index is 8.68. The van der Waals surface area contributed by atoms with Gasteiger partial charge in [0.05, 0.1) is 11.6 Å². The van der Waals surface area contributed by atoms with Crippen molar-refractivity contribution in [3.05, 3.63) is 40.4 Å². The van der Waals surface area contributed by atoms with E-state index in [4.69, 9.17) is 10.00 Å². The van der Waals surface area contributed by atoms with Crippen molar-refractivity contribution in [1.29, 1.82) is 5.26 Å². The molecule has 0 N–H and O–H groups in total. The first-order valence-corrected chi connectivity index (χ1v) is 6.11. The second-order valence-corrected chi connectivity index (χ2v) is 4.68. The molecule has 1 unspecified atom stereocenters. The first kappa shape index (κ1) is 11.2. The fourth-order valence-electron chi connectivity index (χ4n) is 1.70. The average molecular weight is 278 g/mol. The molecule has 0 radical (unpaired) electrons. The molecular formula is C13H12BrNO. The van der Waals surface area contributed by atoms with Crippen molar-refractivity contribution >= 4 is 15.9 Å². The average Bonchev–Trinajstić information content (AvgIpc) is 2.33. The SMILES string of the molecule is N#Cc1ccc(OC2CCCC=C2Br)cc1. The van der Waals surface area contributed by atoms with Crippen LogP contribution in [0.4, 0.5) is 0 Å². The Labute approximate surface area is 104 Å². The molecule has 1 aromatic rings. The molecule has 2 nitrogen and oxygen atoms in total. The summed E-state index contributed by atoms with van der Waals surface area (Å²) < 4.78 is 6.97. The summed E-state index contributed by atoms with van der Waals surface area (Å²) in [6.07, 6.45) is 5.61. The third kappa shape index (κ3) is 2.65. The van der Waals surface area contributed by atoms with Crippen molar-refractivity contribution in [2.45, 2.75) is 25.4 Å². The van der Waals surface area contributed by atoms with E-state index in [1.54, 1.807) is 12.1 Å². The van der Waals surface area contributed by atoms with Gasteiger partial charge in [0.15, 0.2) is 0 Å². The Morgan fingerprint density at radius 1 is 1.31 bits per heavy atom. The van der Waals surface area contributed by atoms with Crippen LogP contribution >= 0.6 is 15.9 Å². The van der Waals surface area contributed by atoms with Gasteiger partial charge >= 0.3 is 0 Å². The molecule has 0 saturated heterocycles. The van der Waals surface area contributed by atoms with E-state index >= 15 is 0 Å². The first-order valence-electron chi connectivity index (χ1n) is 5.32. The highest BCUT2D eigenvalue weighted by Gasteiger charge is 2.17. The van der Waals surface area contributed by atoms with Crippen LogP contribution in [0.25, 0.3) is 0 Å². The molecule has 1 atom stereocenters. The molecule has 0 saturated carbocycles. The highest BCUT2D eigenvalue weighted by atomic mass is 79.9. The number of hydrogen-bond donors (Lipinski definition) is 0. The van der Waals surface area contributed by atoms with Crippen LogP contribution in [0.5, 0.6) is 5.75 Å². The summed E-state index contributed by atoms with van der Waals surface area (Å²) >= 11 is 3.52. The van der Waals surface area contributed by atoms with E-state index in [2.05, 4.69) is 28.1 Å². The van der Waals surface area contributed by atoms with Gasteiger partial charge in [0.1, 0.15) is 11.9 Å². The van der Waals surface area contributed by atoms with Gasteiger partial charge in [0, 0.05) is 4.48 Å². The molecule has 82 valence electrons. The quantitative estimate of drug-likeness (QED) is 0.825. The first-order chi connectivity index (χ1) is 7.79. The van der Waals surface area contributed by atoms with Gasteiger partial charge in [-0.2, -0.15) is 5.26 Å². The Morgan fingerprint density at radius 2 is 2.06 bits per heavy atom. The van der Waals surface area contributed by atoms with Crippen molar-refractivity contribution in [1.82, 2.24) is 0 Å². The van der Waals surface area contributed by atoms with Gasteiger partial charge in [-0.25, -0.2) is 0 Å². The van der Waals surface area contributed by atoms with Crippen LogP contribution in [0.2, 0.25) is 0 Å². The van der Waals surface area contributed by atoms with Crippen LogP contribution in [0.3, 0.4) is 0 Å². The van der Waals surface area contributed by atoms with Crippen LogP contribution in [0.15, 0.2) is 34.8 Å². The van der Waals surface area contributed by atoms with Crippen molar-refractivity contribution in [3.63, 3.8) is 0 Å². The fraction of sp³-hybridized carbons (Fsp3) is 0.308. The normalized spacial score (nSPS) is 19.8. The molecule has 1 aromatic carbocycles. The number of halogens is 1. The smallest absolute Gasteiger partial charge is 0.130 e. The lowest BCUT2D eigenvalue weighted by Crippen LogP contribution is -2.19. The van der Waals surface area contributed by atoms with Gasteiger partial charge in [-0.05, 0) is 43.5 Å². The third-order valence-electron chi connectivity index (χ3n) is 2.58. The molecule has 3 heteroatoms. The molecule has 1 aliphatic rings. The number of rotatable bonds is 2. The zero-order chi connectivity index (χ0) is 11.4. The van der Waals surface area contributed by atoms with E-state index in [0.29, 0.717) is 5.56 Å². The third-order valence-corrected chi connectivity index (χ3v) is 3.41. The van der Waals surface area contributed by atoms with Crippen LogP contribution in [0, 0.1) is 11.3 Å². The second-order valence-electron chi connectivity index (χ2n) is 3.76. The summed E-state index contributed by atoms with van der Waals surface area (Å²) in [7, 11) is 0. The van der Waals surface area contributed by atoms with Crippen LogP contribution in [0.1, 0.15) is 24.8 Å². The number of nitrogens with zero attached hydrogens (tertiary/aromatic N) is 1. The number of benzene rings is 1. The van der Waals surface area contributed by atoms with Crippen molar-refractivity contribution < 1.29 is 4.74 Å². The van der Waals surface area contributed by atoms with E-state index in [1.165, 1.54) is 0 Å². The monoisotopic (exact) mass is 277 g/mol. The fourth-order valence-corrected chi connectivity index (χ4v) is 2.25. The van der Waals surface area contributed by atoms with Crippen molar-refractivity contribution in [2.24, 2.45) is 0 Å². The Balaban J connectivity index is 2.06. The number of ether oxygens (including phenoxy) is 1. The molecule has 0 fully saturated rings. The minimum atomic E-state index is 0.127. The van der Waals surface area contributed by atoms with Gasteiger partial charge in [0.2, 0.25) is 0 Å². The van der Waals surface area contributed by atoms with Crippen LogP contribution in [-0.4, -0.2) is 6.10 Å². The molecule has 1 aliphatic carbocycles. The molecular weight excluding hydrogens is 266 g/mol. The highest BCUT2D eigenvalue weighted by molar-refractivity contribution is 9.11. The summed E-state index contributed by atoms with van der Waals surface area (Å²) in [5, 5.41) is 8.68. The van der Waals surface area contributed by atoms with Crippen molar-refractivity contribution in [3.8, 4) is 11.8 Å². The summed E-state index contributed by atoms with van der Waals surface area (Å²) in [6.45, 7) is 0. The summed E-state index contributed by atoms with van der Waals surface area (Å²) in [5.41, 5.74) is 0.658. The lowest BCUT2D eigenvalue weighted by Gasteiger charge is -2.21. The van der Waals surface area contributed by atoms with E-state index < -0.39 is 0 Å². The number of nitriles is 1. The minimum absolute atomic E-state index is 0.127.